The lowest BCUT2D eigenvalue weighted by molar-refractivity contribution is -0.113. The number of rotatable bonds is 2. The minimum atomic E-state index is -4.38. The van der Waals surface area contributed by atoms with Crippen LogP contribution in [0.3, 0.4) is 0 Å². The molecule has 1 saturated heterocycles. The second-order valence-electron chi connectivity index (χ2n) is 2.42. The van der Waals surface area contributed by atoms with Crippen LogP contribution in [0, 0.1) is 0 Å². The third-order valence-electron chi connectivity index (χ3n) is 1.27. The zero-order chi connectivity index (χ0) is 10.8. The van der Waals surface area contributed by atoms with Crippen LogP contribution in [0.5, 0.6) is 0 Å². The van der Waals surface area contributed by atoms with Crippen LogP contribution in [0.25, 0.3) is 0 Å². The van der Waals surface area contributed by atoms with Crippen molar-refractivity contribution in [1.29, 1.82) is 0 Å². The lowest BCUT2D eigenvalue weighted by Crippen LogP contribution is -2.05. The first-order valence-corrected chi connectivity index (χ1v) is 6.45. The van der Waals surface area contributed by atoms with Crippen LogP contribution in [0.4, 0.5) is 13.2 Å². The van der Waals surface area contributed by atoms with E-state index in [2.05, 4.69) is 0 Å². The first kappa shape index (κ1) is 12.3. The van der Waals surface area contributed by atoms with E-state index in [1.165, 1.54) is 30.4 Å². The Hall–Kier alpha value is 0.250. The standard InChI is InChI=1S/C7H7F3OS3/c1-4(11)5(14-7(8,9)10)6-12-2-3-13-6/h2-3H2,1H3. The fourth-order valence-corrected chi connectivity index (χ4v) is 4.30. The Labute approximate surface area is 92.3 Å². The Morgan fingerprint density at radius 3 is 2.21 bits per heavy atom. The molecule has 1 nitrogen and oxygen atoms in total. The molecule has 80 valence electrons. The summed E-state index contributed by atoms with van der Waals surface area (Å²) in [5, 5.41) is 0. The van der Waals surface area contributed by atoms with Crippen LogP contribution < -0.4 is 0 Å². The molecule has 0 aromatic carbocycles. The number of Topliss-reactive ketones (excluding diaryl/α,β-unsaturated/α-hetero) is 1. The minimum absolute atomic E-state index is 0.162. The van der Waals surface area contributed by atoms with Crippen LogP contribution in [-0.2, 0) is 4.79 Å². The van der Waals surface area contributed by atoms with E-state index in [4.69, 9.17) is 0 Å². The molecular weight excluding hydrogens is 253 g/mol. The fourth-order valence-electron chi connectivity index (χ4n) is 0.814. The monoisotopic (exact) mass is 260 g/mol. The normalized spacial score (nSPS) is 17.3. The maximum Gasteiger partial charge on any atom is 0.446 e. The van der Waals surface area contributed by atoms with Crippen LogP contribution in [-0.4, -0.2) is 22.8 Å². The van der Waals surface area contributed by atoms with Crippen LogP contribution in [0.1, 0.15) is 6.92 Å². The summed E-state index contributed by atoms with van der Waals surface area (Å²) in [5.41, 5.74) is -4.38. The van der Waals surface area contributed by atoms with E-state index < -0.39 is 11.3 Å². The van der Waals surface area contributed by atoms with Crippen molar-refractivity contribution in [2.75, 3.05) is 11.5 Å². The highest BCUT2D eigenvalue weighted by Crippen LogP contribution is 2.46. The number of hydrogen-bond acceptors (Lipinski definition) is 4. The summed E-state index contributed by atoms with van der Waals surface area (Å²) in [7, 11) is 0. The van der Waals surface area contributed by atoms with E-state index in [1.54, 1.807) is 0 Å². The first-order valence-electron chi connectivity index (χ1n) is 3.66. The molecule has 1 rings (SSSR count). The van der Waals surface area contributed by atoms with Crippen LogP contribution in [0.15, 0.2) is 9.14 Å². The SMILES string of the molecule is CC(=O)C(SC(F)(F)F)=C1SCCS1. The molecule has 1 fully saturated rings. The number of thioether (sulfide) groups is 3. The van der Waals surface area contributed by atoms with Gasteiger partial charge in [0.2, 0.25) is 0 Å². The number of allylic oxidation sites excluding steroid dienone is 1. The molecule has 0 aliphatic carbocycles. The van der Waals surface area contributed by atoms with Gasteiger partial charge in [-0.3, -0.25) is 4.79 Å². The number of carbonyl (C=O) groups excluding carboxylic acids is 1. The van der Waals surface area contributed by atoms with Gasteiger partial charge in [-0.15, -0.1) is 23.5 Å². The van der Waals surface area contributed by atoms with Gasteiger partial charge in [0.15, 0.2) is 5.78 Å². The largest absolute Gasteiger partial charge is 0.446 e. The number of carbonyl (C=O) groups is 1. The molecule has 0 radical (unpaired) electrons. The van der Waals surface area contributed by atoms with E-state index >= 15 is 0 Å². The molecule has 0 N–H and O–H groups in total. The van der Waals surface area contributed by atoms with Crippen molar-refractivity contribution in [1.82, 2.24) is 0 Å². The smallest absolute Gasteiger partial charge is 0.294 e. The molecule has 0 atom stereocenters. The number of hydrogen-bond donors (Lipinski definition) is 0. The zero-order valence-corrected chi connectivity index (χ0v) is 9.63. The summed E-state index contributed by atoms with van der Waals surface area (Å²) in [4.78, 5) is 10.8. The number of halogens is 3. The van der Waals surface area contributed by atoms with Gasteiger partial charge in [-0.2, -0.15) is 13.2 Å². The van der Waals surface area contributed by atoms with Gasteiger partial charge >= 0.3 is 5.51 Å². The van der Waals surface area contributed by atoms with Crippen molar-refractivity contribution in [3.05, 3.63) is 9.14 Å². The fraction of sp³-hybridized carbons (Fsp3) is 0.571. The Morgan fingerprint density at radius 1 is 1.36 bits per heavy atom. The van der Waals surface area contributed by atoms with Crippen molar-refractivity contribution in [3.8, 4) is 0 Å². The topological polar surface area (TPSA) is 17.1 Å². The molecule has 0 aromatic rings. The number of ketones is 1. The molecule has 1 aliphatic heterocycles. The molecule has 7 heteroatoms. The summed E-state index contributed by atoms with van der Waals surface area (Å²) in [6, 6.07) is 0. The molecule has 0 spiro atoms. The van der Waals surface area contributed by atoms with Gasteiger partial charge < -0.3 is 0 Å². The average molecular weight is 260 g/mol. The van der Waals surface area contributed by atoms with Crippen LogP contribution in [0.2, 0.25) is 0 Å². The maximum absolute atomic E-state index is 12.1. The molecule has 0 bridgehead atoms. The predicted octanol–water partition coefficient (Wildman–Crippen LogP) is 3.48. The van der Waals surface area contributed by atoms with E-state index in [0.29, 0.717) is 4.24 Å². The summed E-state index contributed by atoms with van der Waals surface area (Å²) >= 11 is 2.34. The van der Waals surface area contributed by atoms with Crippen molar-refractivity contribution in [2.45, 2.75) is 12.4 Å². The Morgan fingerprint density at radius 2 is 1.86 bits per heavy atom. The highest BCUT2D eigenvalue weighted by Gasteiger charge is 2.34. The minimum Gasteiger partial charge on any atom is -0.294 e. The van der Waals surface area contributed by atoms with Crippen molar-refractivity contribution in [3.63, 3.8) is 0 Å². The van der Waals surface area contributed by atoms with E-state index in [0.717, 1.165) is 11.5 Å². The summed E-state index contributed by atoms with van der Waals surface area (Å²) in [6.07, 6.45) is 0. The molecule has 0 saturated carbocycles. The molecule has 1 aliphatic rings. The maximum atomic E-state index is 12.1. The third kappa shape index (κ3) is 3.78. The van der Waals surface area contributed by atoms with Crippen molar-refractivity contribution < 1.29 is 18.0 Å². The summed E-state index contributed by atoms with van der Waals surface area (Å²) in [5.74, 6) is 1.04. The molecular formula is C7H7F3OS3. The van der Waals surface area contributed by atoms with Crippen LogP contribution >= 0.6 is 35.3 Å². The Kier molecular flexibility index (Phi) is 4.27. The van der Waals surface area contributed by atoms with Gasteiger partial charge in [0.25, 0.3) is 0 Å². The van der Waals surface area contributed by atoms with Crippen molar-refractivity contribution in [2.24, 2.45) is 0 Å². The zero-order valence-electron chi connectivity index (χ0n) is 7.18. The summed E-state index contributed by atoms with van der Waals surface area (Å²) in [6.45, 7) is 1.17. The highest BCUT2D eigenvalue weighted by atomic mass is 32.2. The molecule has 0 unspecified atom stereocenters. The van der Waals surface area contributed by atoms with Gasteiger partial charge in [0, 0.05) is 11.5 Å². The quantitative estimate of drug-likeness (QED) is 0.707. The Bertz CT molecular complexity index is 264. The lowest BCUT2D eigenvalue weighted by Gasteiger charge is -2.08. The van der Waals surface area contributed by atoms with Gasteiger partial charge in [0.05, 0.1) is 9.14 Å². The second-order valence-corrected chi connectivity index (χ2v) is 5.96. The third-order valence-corrected chi connectivity index (χ3v) is 5.17. The molecule has 0 amide bonds. The second kappa shape index (κ2) is 4.85. The lowest BCUT2D eigenvalue weighted by atomic mass is 10.4. The van der Waals surface area contributed by atoms with Gasteiger partial charge in [-0.1, -0.05) is 0 Å². The predicted molar refractivity (Wildman–Crippen MR) is 56.3 cm³/mol. The van der Waals surface area contributed by atoms with Gasteiger partial charge in [0.1, 0.15) is 0 Å². The van der Waals surface area contributed by atoms with Gasteiger partial charge in [-0.25, -0.2) is 0 Å². The van der Waals surface area contributed by atoms with Crippen molar-refractivity contribution >= 4 is 41.1 Å². The van der Waals surface area contributed by atoms with Gasteiger partial charge in [-0.05, 0) is 18.7 Å². The van der Waals surface area contributed by atoms with E-state index in [-0.39, 0.29) is 16.7 Å². The molecule has 14 heavy (non-hydrogen) atoms. The first-order chi connectivity index (χ1) is 6.40. The summed E-state index contributed by atoms with van der Waals surface area (Å²) < 4.78 is 36.7. The molecule has 0 aromatic heterocycles. The average Bonchev–Trinajstić information content (AvgIpc) is 2.49. The highest BCUT2D eigenvalue weighted by molar-refractivity contribution is 8.26. The number of alkyl halides is 3. The van der Waals surface area contributed by atoms with E-state index in [1.807, 2.05) is 0 Å². The molecule has 1 heterocycles. The van der Waals surface area contributed by atoms with E-state index in [9.17, 15) is 18.0 Å². The Balaban J connectivity index is 2.84.